The van der Waals surface area contributed by atoms with Crippen molar-refractivity contribution in [3.05, 3.63) is 251 Å². The van der Waals surface area contributed by atoms with E-state index in [9.17, 15) is 33.9 Å². The lowest BCUT2D eigenvalue weighted by Gasteiger charge is -2.51. The average molecular weight is 1370 g/mol. The second kappa shape index (κ2) is 34.4. The Bertz CT molecular complexity index is 3760. The normalized spacial score (nSPS) is 29.6. The van der Waals surface area contributed by atoms with Gasteiger partial charge in [-0.15, -0.1) is 0 Å². The summed E-state index contributed by atoms with van der Waals surface area (Å²) in [6.07, 6.45) is -19.7. The molecule has 11 rings (SSSR count). The van der Waals surface area contributed by atoms with Gasteiger partial charge in [-0.1, -0.05) is 181 Å². The number of aliphatic hydroxyl groups is 1. The highest BCUT2D eigenvalue weighted by Crippen LogP contribution is 2.43. The maximum absolute atomic E-state index is 15.0. The Labute approximate surface area is 581 Å². The minimum Gasteiger partial charge on any atom is -0.459 e. The van der Waals surface area contributed by atoms with Crippen LogP contribution in [0.25, 0.3) is 0 Å². The first-order valence-corrected chi connectivity index (χ1v) is 33.9. The number of aliphatic hydroxyl groups excluding tert-OH is 1. The Kier molecular flexibility index (Phi) is 24.8. The lowest BCUT2D eigenvalue weighted by atomic mass is 9.82. The van der Waals surface area contributed by atoms with E-state index in [1.807, 2.05) is 44.2 Å². The summed E-state index contributed by atoms with van der Waals surface area (Å²) in [6.45, 7) is 9.98. The molecule has 4 saturated heterocycles. The Hall–Kier alpha value is -9.00. The number of hydrogen-bond donors (Lipinski definition) is 1. The third kappa shape index (κ3) is 17.8. The molecule has 1 N–H and O–H groups in total. The summed E-state index contributed by atoms with van der Waals surface area (Å²) in [4.78, 5) is 85.7. The lowest BCUT2D eigenvalue weighted by molar-refractivity contribution is -0.380. The van der Waals surface area contributed by atoms with E-state index in [4.69, 9.17) is 66.3 Å². The number of rotatable bonds is 25. The van der Waals surface area contributed by atoms with E-state index >= 15 is 0 Å². The van der Waals surface area contributed by atoms with E-state index in [1.54, 1.807) is 178 Å². The fraction of sp³-hybridized carbons (Fsp3) is 0.392. The van der Waals surface area contributed by atoms with E-state index in [1.165, 1.54) is 24.3 Å². The molecule has 21 nitrogen and oxygen atoms in total. The first-order valence-electron chi connectivity index (χ1n) is 33.9. The van der Waals surface area contributed by atoms with Gasteiger partial charge in [0, 0.05) is 17.8 Å². The number of hydrogen-bond acceptors (Lipinski definition) is 21. The standard InChI is InChI=1S/C79H84O21/c1-7-59-47(2)48(3)66(76(91-59)90-43-52-29-15-8-16-30-52)100-79-69(97-75(86)58-41-27-14-28-42-58)65(51(6)62(94-79)46-89-72(83)55-35-21-11-22-36-55)99-78-68(96-74(85)57-39-25-13-26-40-57)64(50(5)61(93-78)45-88-71(82)54-33-19-10-20-34-54)98-77-67(95-73(84)56-37-23-12-24-38-56)63(80)49(4)60(92-77)44-87-70(81)53-31-17-9-18-32-53/h8-42,47-51,59-69,76-80H,7,43-46H2,1-6H3/t47-,48-,49+,50+,51+,59?,60?,61?,62?,63-,64-,65-,66?,67?,68?,69?,76-,77+,78+,79+/m0/s1. The molecule has 4 fully saturated rings. The number of esters is 6. The van der Waals surface area contributed by atoms with E-state index in [0.29, 0.717) is 6.42 Å². The topological polar surface area (TPSA) is 252 Å². The Morgan fingerprint density at radius 1 is 0.320 bits per heavy atom. The molecule has 0 aliphatic carbocycles. The van der Waals surface area contributed by atoms with Crippen LogP contribution in [0.1, 0.15) is 116 Å². The largest absolute Gasteiger partial charge is 0.459 e. The van der Waals surface area contributed by atoms with Gasteiger partial charge in [-0.25, -0.2) is 28.8 Å². The molecule has 4 heterocycles. The van der Waals surface area contributed by atoms with Crippen molar-refractivity contribution in [2.45, 2.75) is 147 Å². The summed E-state index contributed by atoms with van der Waals surface area (Å²) in [5.41, 5.74) is 1.96. The van der Waals surface area contributed by atoms with Gasteiger partial charge in [0.25, 0.3) is 0 Å². The maximum atomic E-state index is 15.0. The van der Waals surface area contributed by atoms with Crippen LogP contribution in [0.5, 0.6) is 0 Å². The Balaban J connectivity index is 1.02. The monoisotopic (exact) mass is 1370 g/mol. The van der Waals surface area contributed by atoms with Crippen molar-refractivity contribution in [2.75, 3.05) is 19.8 Å². The number of carbonyl (C=O) groups is 6. The van der Waals surface area contributed by atoms with Crippen molar-refractivity contribution in [3.63, 3.8) is 0 Å². The smallest absolute Gasteiger partial charge is 0.338 e. The first kappa shape index (κ1) is 72.3. The van der Waals surface area contributed by atoms with Crippen LogP contribution in [0.2, 0.25) is 0 Å². The van der Waals surface area contributed by atoms with Crippen LogP contribution >= 0.6 is 0 Å². The van der Waals surface area contributed by atoms with Gasteiger partial charge in [0.15, 0.2) is 43.5 Å². The fourth-order valence-corrected chi connectivity index (χ4v) is 12.8. The summed E-state index contributed by atoms with van der Waals surface area (Å²) in [5, 5.41) is 12.5. The molecule has 526 valence electrons. The van der Waals surface area contributed by atoms with Gasteiger partial charge in [0.1, 0.15) is 62.5 Å². The van der Waals surface area contributed by atoms with E-state index < -0.39 is 160 Å². The molecular weight excluding hydrogens is 1280 g/mol. The molecule has 21 heteroatoms. The van der Waals surface area contributed by atoms with Crippen molar-refractivity contribution < 1.29 is 100 Å². The molecule has 0 amide bonds. The molecule has 100 heavy (non-hydrogen) atoms. The summed E-state index contributed by atoms with van der Waals surface area (Å²) in [6, 6.07) is 58.9. The van der Waals surface area contributed by atoms with Gasteiger partial charge in [-0.2, -0.15) is 0 Å². The fourth-order valence-electron chi connectivity index (χ4n) is 12.8. The minimum atomic E-state index is -1.82. The summed E-state index contributed by atoms with van der Waals surface area (Å²) < 4.78 is 93.5. The molecule has 0 radical (unpaired) electrons. The SMILES string of the molecule is CCC1O[C@H](OCc2ccccc2)C(O[C@H]2OC(COC(=O)c3ccccc3)[C@@H](C)[C@H](O[C@H]3OC(COC(=O)c4ccccc4)[C@@H](C)[C@H](O[C@H]4OC(COC(=O)c5ccccc5)[C@@H](C)[C@H](O)C4OC(=O)c4ccccc4)C3OC(=O)c3ccccc3)C2OC(=O)c2ccccc2)[C@@H](C)[C@@H]1C. The molecule has 0 bridgehead atoms. The predicted molar refractivity (Wildman–Crippen MR) is 360 cm³/mol. The quantitative estimate of drug-likeness (QED) is 0.0412. The van der Waals surface area contributed by atoms with Crippen molar-refractivity contribution in [2.24, 2.45) is 29.6 Å². The van der Waals surface area contributed by atoms with Crippen LogP contribution in [0.15, 0.2) is 212 Å². The second-order valence-electron chi connectivity index (χ2n) is 25.6. The zero-order chi connectivity index (χ0) is 70.2. The van der Waals surface area contributed by atoms with Crippen LogP contribution < -0.4 is 0 Å². The molecule has 8 unspecified atom stereocenters. The molecule has 20 atom stereocenters. The molecular formula is C79H84O21. The van der Waals surface area contributed by atoms with Gasteiger partial charge >= 0.3 is 35.8 Å². The Morgan fingerprint density at radius 2 is 0.610 bits per heavy atom. The second-order valence-corrected chi connectivity index (χ2v) is 25.6. The van der Waals surface area contributed by atoms with Gasteiger partial charge < -0.3 is 71.4 Å². The van der Waals surface area contributed by atoms with Crippen molar-refractivity contribution in [3.8, 4) is 0 Å². The number of benzene rings is 7. The van der Waals surface area contributed by atoms with Crippen LogP contribution in [-0.4, -0.2) is 153 Å². The van der Waals surface area contributed by atoms with E-state index in [0.717, 1.165) is 5.56 Å². The molecule has 4 aliphatic rings. The van der Waals surface area contributed by atoms with Crippen molar-refractivity contribution >= 4 is 35.8 Å². The maximum Gasteiger partial charge on any atom is 0.338 e. The predicted octanol–water partition coefficient (Wildman–Crippen LogP) is 11.5. The van der Waals surface area contributed by atoms with E-state index in [2.05, 4.69) is 6.92 Å². The van der Waals surface area contributed by atoms with Gasteiger partial charge in [0.2, 0.25) is 0 Å². The molecule has 0 aromatic heterocycles. The summed E-state index contributed by atoms with van der Waals surface area (Å²) in [7, 11) is 0. The zero-order valence-electron chi connectivity index (χ0n) is 56.4. The lowest BCUT2D eigenvalue weighted by Crippen LogP contribution is -2.65. The molecule has 0 spiro atoms. The third-order valence-corrected chi connectivity index (χ3v) is 19.0. The van der Waals surface area contributed by atoms with Crippen LogP contribution in [0, 0.1) is 29.6 Å². The molecule has 7 aromatic rings. The summed E-state index contributed by atoms with van der Waals surface area (Å²) in [5.74, 6) is -7.92. The third-order valence-electron chi connectivity index (χ3n) is 19.0. The molecule has 7 aromatic carbocycles. The zero-order valence-corrected chi connectivity index (χ0v) is 56.4. The first-order chi connectivity index (χ1) is 48.5. The van der Waals surface area contributed by atoms with Crippen LogP contribution in [0.3, 0.4) is 0 Å². The number of carbonyl (C=O) groups excluding carboxylic acids is 6. The van der Waals surface area contributed by atoms with Gasteiger partial charge in [-0.3, -0.25) is 0 Å². The molecule has 4 aliphatic heterocycles. The minimum absolute atomic E-state index is 0.0926. The summed E-state index contributed by atoms with van der Waals surface area (Å²) >= 11 is 0. The highest BCUT2D eigenvalue weighted by Gasteiger charge is 2.58. The average Bonchev–Trinajstić information content (AvgIpc) is 0.764. The van der Waals surface area contributed by atoms with Gasteiger partial charge in [-0.05, 0) is 96.6 Å². The van der Waals surface area contributed by atoms with E-state index in [-0.39, 0.29) is 57.9 Å². The van der Waals surface area contributed by atoms with Crippen LogP contribution in [-0.2, 0) is 72.9 Å². The number of ether oxygens (including phenoxy) is 14. The van der Waals surface area contributed by atoms with Crippen molar-refractivity contribution in [1.82, 2.24) is 0 Å². The van der Waals surface area contributed by atoms with Gasteiger partial charge in [0.05, 0.1) is 46.1 Å². The van der Waals surface area contributed by atoms with Crippen LogP contribution in [0.4, 0.5) is 0 Å². The highest BCUT2D eigenvalue weighted by molar-refractivity contribution is 5.92. The van der Waals surface area contributed by atoms with Crippen molar-refractivity contribution in [1.29, 1.82) is 0 Å². The molecule has 0 saturated carbocycles. The highest BCUT2D eigenvalue weighted by atomic mass is 16.8. The Morgan fingerprint density at radius 3 is 0.960 bits per heavy atom.